The lowest BCUT2D eigenvalue weighted by Gasteiger charge is -2.07. The van der Waals surface area contributed by atoms with Crippen LogP contribution in [0.3, 0.4) is 0 Å². The quantitative estimate of drug-likeness (QED) is 0.743. The zero-order valence-electron chi connectivity index (χ0n) is 10.6. The molecule has 3 aromatic rings. The van der Waals surface area contributed by atoms with Crippen LogP contribution in [0.2, 0.25) is 5.02 Å². The minimum absolute atomic E-state index is 0.747. The molecule has 19 heavy (non-hydrogen) atoms. The second-order valence-electron chi connectivity index (χ2n) is 4.39. The summed E-state index contributed by atoms with van der Waals surface area (Å²) >= 11 is 7.80. The number of anilines is 2. The summed E-state index contributed by atoms with van der Waals surface area (Å²) in [6.07, 6.45) is 1.58. The van der Waals surface area contributed by atoms with Gasteiger partial charge in [-0.2, -0.15) is 0 Å². The predicted octanol–water partition coefficient (Wildman–Crippen LogP) is 4.71. The standard InChI is InChI=1S/C14H12ClN3S/c1-8-3-4-10(6-12(8)15)18-13-11-5-9(2)19-14(11)17-7-16-13/h3-7H,1-2H3,(H,16,17,18). The molecule has 2 heterocycles. The van der Waals surface area contributed by atoms with Crippen molar-refractivity contribution >= 4 is 44.7 Å². The molecule has 5 heteroatoms. The van der Waals surface area contributed by atoms with E-state index in [0.29, 0.717) is 0 Å². The van der Waals surface area contributed by atoms with Gasteiger partial charge in [0.2, 0.25) is 0 Å². The van der Waals surface area contributed by atoms with Crippen molar-refractivity contribution in [3.8, 4) is 0 Å². The maximum atomic E-state index is 6.13. The Morgan fingerprint density at radius 2 is 2.00 bits per heavy atom. The van der Waals surface area contributed by atoms with E-state index in [1.807, 2.05) is 25.1 Å². The van der Waals surface area contributed by atoms with Gasteiger partial charge in [0.15, 0.2) is 0 Å². The first-order valence-electron chi connectivity index (χ1n) is 5.88. The highest BCUT2D eigenvalue weighted by molar-refractivity contribution is 7.18. The summed E-state index contributed by atoms with van der Waals surface area (Å²) in [5.41, 5.74) is 1.99. The minimum Gasteiger partial charge on any atom is -0.340 e. The number of hydrogen-bond acceptors (Lipinski definition) is 4. The van der Waals surface area contributed by atoms with Crippen LogP contribution in [-0.4, -0.2) is 9.97 Å². The highest BCUT2D eigenvalue weighted by Gasteiger charge is 2.07. The molecule has 0 saturated heterocycles. The number of nitrogens with zero attached hydrogens (tertiary/aromatic N) is 2. The molecule has 3 rings (SSSR count). The van der Waals surface area contributed by atoms with E-state index in [1.54, 1.807) is 17.7 Å². The fourth-order valence-electron chi connectivity index (χ4n) is 1.88. The van der Waals surface area contributed by atoms with Gasteiger partial charge < -0.3 is 5.32 Å². The third-order valence-corrected chi connectivity index (χ3v) is 4.25. The molecule has 0 amide bonds. The van der Waals surface area contributed by atoms with Crippen molar-refractivity contribution in [1.29, 1.82) is 0 Å². The summed E-state index contributed by atoms with van der Waals surface area (Å²) < 4.78 is 0. The zero-order chi connectivity index (χ0) is 13.4. The monoisotopic (exact) mass is 289 g/mol. The number of thiophene rings is 1. The number of hydrogen-bond donors (Lipinski definition) is 1. The van der Waals surface area contributed by atoms with Gasteiger partial charge in [0.05, 0.1) is 5.39 Å². The largest absolute Gasteiger partial charge is 0.340 e. The second-order valence-corrected chi connectivity index (χ2v) is 6.03. The molecule has 0 atom stereocenters. The Morgan fingerprint density at radius 3 is 2.79 bits per heavy atom. The number of rotatable bonds is 2. The summed E-state index contributed by atoms with van der Waals surface area (Å²) in [6.45, 7) is 4.05. The van der Waals surface area contributed by atoms with E-state index in [9.17, 15) is 0 Å². The van der Waals surface area contributed by atoms with Crippen LogP contribution in [-0.2, 0) is 0 Å². The normalized spacial score (nSPS) is 10.9. The lowest BCUT2D eigenvalue weighted by atomic mass is 10.2. The number of fused-ring (bicyclic) bond motifs is 1. The molecular formula is C14H12ClN3S. The summed E-state index contributed by atoms with van der Waals surface area (Å²) in [7, 11) is 0. The van der Waals surface area contributed by atoms with Gasteiger partial charge in [-0.05, 0) is 37.6 Å². The average molecular weight is 290 g/mol. The van der Waals surface area contributed by atoms with E-state index in [2.05, 4.69) is 28.3 Å². The molecule has 1 aromatic carbocycles. The Bertz CT molecular complexity index is 752. The molecule has 2 aromatic heterocycles. The first-order valence-corrected chi connectivity index (χ1v) is 7.07. The van der Waals surface area contributed by atoms with Gasteiger partial charge in [0, 0.05) is 15.6 Å². The topological polar surface area (TPSA) is 37.8 Å². The SMILES string of the molecule is Cc1cc2c(Nc3ccc(C)c(Cl)c3)ncnc2s1. The maximum absolute atomic E-state index is 6.13. The smallest absolute Gasteiger partial charge is 0.142 e. The minimum atomic E-state index is 0.747. The van der Waals surface area contributed by atoms with Crippen molar-refractivity contribution in [1.82, 2.24) is 9.97 Å². The molecule has 3 nitrogen and oxygen atoms in total. The van der Waals surface area contributed by atoms with Gasteiger partial charge in [-0.1, -0.05) is 17.7 Å². The summed E-state index contributed by atoms with van der Waals surface area (Å²) in [4.78, 5) is 10.8. The van der Waals surface area contributed by atoms with Gasteiger partial charge in [-0.3, -0.25) is 0 Å². The fraction of sp³-hybridized carbons (Fsp3) is 0.143. The maximum Gasteiger partial charge on any atom is 0.142 e. The Labute approximate surface area is 120 Å². The van der Waals surface area contributed by atoms with Crippen LogP contribution in [0.1, 0.15) is 10.4 Å². The Kier molecular flexibility index (Phi) is 3.12. The van der Waals surface area contributed by atoms with Crippen molar-refractivity contribution in [2.75, 3.05) is 5.32 Å². The van der Waals surface area contributed by atoms with Crippen LogP contribution >= 0.6 is 22.9 Å². The van der Waals surface area contributed by atoms with E-state index >= 15 is 0 Å². The fourth-order valence-corrected chi connectivity index (χ4v) is 2.91. The molecule has 0 aliphatic carbocycles. The number of halogens is 1. The Balaban J connectivity index is 2.02. The van der Waals surface area contributed by atoms with Crippen molar-refractivity contribution in [2.24, 2.45) is 0 Å². The van der Waals surface area contributed by atoms with Crippen LogP contribution in [0.4, 0.5) is 11.5 Å². The molecular weight excluding hydrogens is 278 g/mol. The van der Waals surface area contributed by atoms with Crippen molar-refractivity contribution in [3.63, 3.8) is 0 Å². The van der Waals surface area contributed by atoms with Gasteiger partial charge in [0.25, 0.3) is 0 Å². The number of benzene rings is 1. The third kappa shape index (κ3) is 2.41. The number of aromatic nitrogens is 2. The lowest BCUT2D eigenvalue weighted by Crippen LogP contribution is -1.94. The van der Waals surface area contributed by atoms with Gasteiger partial charge in [0.1, 0.15) is 17.0 Å². The van der Waals surface area contributed by atoms with E-state index in [0.717, 1.165) is 32.3 Å². The number of nitrogens with one attached hydrogen (secondary N) is 1. The van der Waals surface area contributed by atoms with Crippen LogP contribution in [0.25, 0.3) is 10.2 Å². The summed E-state index contributed by atoms with van der Waals surface area (Å²) in [6, 6.07) is 7.98. The molecule has 0 radical (unpaired) electrons. The van der Waals surface area contributed by atoms with E-state index < -0.39 is 0 Å². The van der Waals surface area contributed by atoms with Crippen LogP contribution in [0, 0.1) is 13.8 Å². The highest BCUT2D eigenvalue weighted by Crippen LogP contribution is 2.30. The van der Waals surface area contributed by atoms with Gasteiger partial charge >= 0.3 is 0 Å². The second kappa shape index (κ2) is 4.79. The predicted molar refractivity (Wildman–Crippen MR) is 81.6 cm³/mol. The lowest BCUT2D eigenvalue weighted by molar-refractivity contribution is 1.23. The molecule has 0 unspecified atom stereocenters. The molecule has 0 saturated carbocycles. The van der Waals surface area contributed by atoms with E-state index in [4.69, 9.17) is 11.6 Å². The molecule has 1 N–H and O–H groups in total. The van der Waals surface area contributed by atoms with Crippen LogP contribution in [0.15, 0.2) is 30.6 Å². The van der Waals surface area contributed by atoms with E-state index in [1.165, 1.54) is 4.88 Å². The zero-order valence-corrected chi connectivity index (χ0v) is 12.1. The first kappa shape index (κ1) is 12.4. The Hall–Kier alpha value is -1.65. The summed E-state index contributed by atoms with van der Waals surface area (Å²) in [5.74, 6) is 0.814. The first-order chi connectivity index (χ1) is 9.13. The molecule has 0 bridgehead atoms. The summed E-state index contributed by atoms with van der Waals surface area (Å²) in [5, 5.41) is 5.09. The molecule has 0 aliphatic heterocycles. The highest BCUT2D eigenvalue weighted by atomic mass is 35.5. The third-order valence-electron chi connectivity index (χ3n) is 2.89. The van der Waals surface area contributed by atoms with Gasteiger partial charge in [-0.25, -0.2) is 9.97 Å². The van der Waals surface area contributed by atoms with E-state index in [-0.39, 0.29) is 0 Å². The molecule has 0 spiro atoms. The van der Waals surface area contributed by atoms with Crippen molar-refractivity contribution < 1.29 is 0 Å². The van der Waals surface area contributed by atoms with Gasteiger partial charge in [-0.15, -0.1) is 11.3 Å². The molecule has 96 valence electrons. The van der Waals surface area contributed by atoms with Crippen molar-refractivity contribution in [3.05, 3.63) is 46.1 Å². The Morgan fingerprint density at radius 1 is 1.16 bits per heavy atom. The van der Waals surface area contributed by atoms with Crippen molar-refractivity contribution in [2.45, 2.75) is 13.8 Å². The van der Waals surface area contributed by atoms with Crippen LogP contribution < -0.4 is 5.32 Å². The molecule has 0 aliphatic rings. The molecule has 0 fully saturated rings. The number of aryl methyl sites for hydroxylation is 2. The average Bonchev–Trinajstić information content (AvgIpc) is 2.75. The van der Waals surface area contributed by atoms with Crippen LogP contribution in [0.5, 0.6) is 0 Å².